The molecule has 3 fully saturated rings. The third kappa shape index (κ3) is 2.99. The highest BCUT2D eigenvalue weighted by Gasteiger charge is 2.48. The molecule has 5 nitrogen and oxygen atoms in total. The summed E-state index contributed by atoms with van der Waals surface area (Å²) in [5.74, 6) is 1.16. The van der Waals surface area contributed by atoms with Crippen LogP contribution in [-0.2, 0) is 4.74 Å². The zero-order valence-electron chi connectivity index (χ0n) is 13.8. The van der Waals surface area contributed by atoms with Gasteiger partial charge in [-0.15, -0.1) is 0 Å². The van der Waals surface area contributed by atoms with Gasteiger partial charge in [-0.2, -0.15) is 5.26 Å². The van der Waals surface area contributed by atoms with Gasteiger partial charge in [0.05, 0.1) is 11.6 Å². The highest BCUT2D eigenvalue weighted by molar-refractivity contribution is 5.85. The molecule has 4 atom stereocenters. The topological polar surface area (TPSA) is 65.4 Å². The van der Waals surface area contributed by atoms with E-state index in [2.05, 4.69) is 16.3 Å². The van der Waals surface area contributed by atoms with Crippen LogP contribution in [-0.4, -0.2) is 36.2 Å². The van der Waals surface area contributed by atoms with E-state index in [4.69, 9.17) is 10.00 Å². The maximum atomic E-state index is 12.3. The summed E-state index contributed by atoms with van der Waals surface area (Å²) >= 11 is 0. The monoisotopic (exact) mass is 325 g/mol. The molecule has 24 heavy (non-hydrogen) atoms. The lowest BCUT2D eigenvalue weighted by molar-refractivity contribution is 0.0181. The second-order valence-electron chi connectivity index (χ2n) is 7.32. The van der Waals surface area contributed by atoms with Gasteiger partial charge in [0.15, 0.2) is 0 Å². The molecular formula is C19H23N3O2. The molecule has 0 spiro atoms. The minimum Gasteiger partial charge on any atom is -0.446 e. The first kappa shape index (κ1) is 15.5. The van der Waals surface area contributed by atoms with E-state index in [0.29, 0.717) is 29.1 Å². The van der Waals surface area contributed by atoms with Gasteiger partial charge in [-0.1, -0.05) is 12.5 Å². The number of rotatable bonds is 2. The molecule has 0 aromatic heterocycles. The molecule has 1 aliphatic carbocycles. The third-order valence-electron chi connectivity index (χ3n) is 5.80. The van der Waals surface area contributed by atoms with Crippen LogP contribution in [0.5, 0.6) is 0 Å². The number of benzene rings is 1. The van der Waals surface area contributed by atoms with E-state index in [1.807, 2.05) is 0 Å². The van der Waals surface area contributed by atoms with Crippen molar-refractivity contribution in [2.24, 2.45) is 11.8 Å². The van der Waals surface area contributed by atoms with Crippen molar-refractivity contribution in [3.8, 4) is 6.07 Å². The number of anilines is 1. The van der Waals surface area contributed by atoms with E-state index in [0.717, 1.165) is 6.42 Å². The molecule has 2 bridgehead atoms. The molecule has 1 amide bonds. The lowest BCUT2D eigenvalue weighted by Gasteiger charge is -2.43. The van der Waals surface area contributed by atoms with Crippen molar-refractivity contribution in [2.75, 3.05) is 18.4 Å². The number of nitrogens with one attached hydrogen (secondary N) is 1. The first-order valence-electron chi connectivity index (χ1n) is 8.95. The van der Waals surface area contributed by atoms with Crippen LogP contribution in [0.2, 0.25) is 0 Å². The van der Waals surface area contributed by atoms with E-state index < -0.39 is 6.09 Å². The third-order valence-corrected chi connectivity index (χ3v) is 5.80. The SMILES string of the molecule is N#Cc1cccc(NC(=O)O[C@@H]2C[C@H]3C[C@@H]2[C@H]2CCCCN2C3)c1. The van der Waals surface area contributed by atoms with Crippen LogP contribution in [0.15, 0.2) is 24.3 Å². The van der Waals surface area contributed by atoms with E-state index >= 15 is 0 Å². The molecule has 3 aliphatic rings. The zero-order chi connectivity index (χ0) is 16.5. The standard InChI is InChI=1S/C19H23N3O2/c20-11-13-4-3-5-15(8-13)21-19(23)24-18-10-14-9-16(18)17-6-1-2-7-22(17)12-14/h3-5,8,14,16-18H,1-2,6-7,9-10,12H2,(H,21,23)/t14-,16-,17-,18-/m1/s1. The number of hydrogen-bond acceptors (Lipinski definition) is 4. The minimum atomic E-state index is -0.398. The Hall–Kier alpha value is -2.06. The first-order chi connectivity index (χ1) is 11.7. The van der Waals surface area contributed by atoms with Crippen LogP contribution in [0.4, 0.5) is 10.5 Å². The summed E-state index contributed by atoms with van der Waals surface area (Å²) in [7, 11) is 0. The van der Waals surface area contributed by atoms with E-state index in [-0.39, 0.29) is 6.10 Å². The van der Waals surface area contributed by atoms with Gasteiger partial charge in [0.1, 0.15) is 6.10 Å². The van der Waals surface area contributed by atoms with Crippen LogP contribution in [0.1, 0.15) is 37.7 Å². The van der Waals surface area contributed by atoms with Gasteiger partial charge in [0.25, 0.3) is 0 Å². The summed E-state index contributed by atoms with van der Waals surface area (Å²) in [5, 5.41) is 11.7. The molecule has 2 aliphatic heterocycles. The number of fused-ring (bicyclic) bond motifs is 4. The fraction of sp³-hybridized carbons (Fsp3) is 0.579. The Labute approximate surface area is 142 Å². The molecule has 1 saturated carbocycles. The summed E-state index contributed by atoms with van der Waals surface area (Å²) in [5.41, 5.74) is 1.14. The van der Waals surface area contributed by atoms with E-state index in [1.165, 1.54) is 38.8 Å². The minimum absolute atomic E-state index is 0.0299. The summed E-state index contributed by atoms with van der Waals surface area (Å²) in [6, 6.07) is 9.59. The van der Waals surface area contributed by atoms with Gasteiger partial charge in [-0.25, -0.2) is 4.79 Å². The number of amides is 1. The van der Waals surface area contributed by atoms with Crippen molar-refractivity contribution in [1.29, 1.82) is 5.26 Å². The molecule has 1 aromatic rings. The Morgan fingerprint density at radius 3 is 3.12 bits per heavy atom. The van der Waals surface area contributed by atoms with Crippen molar-refractivity contribution in [1.82, 2.24) is 4.90 Å². The van der Waals surface area contributed by atoms with Gasteiger partial charge < -0.3 is 4.74 Å². The predicted octanol–water partition coefficient (Wildman–Crippen LogP) is 3.37. The van der Waals surface area contributed by atoms with Crippen molar-refractivity contribution >= 4 is 11.8 Å². The Morgan fingerprint density at radius 2 is 2.25 bits per heavy atom. The number of hydrogen-bond donors (Lipinski definition) is 1. The van der Waals surface area contributed by atoms with Crippen molar-refractivity contribution < 1.29 is 9.53 Å². The van der Waals surface area contributed by atoms with E-state index in [9.17, 15) is 4.79 Å². The Bertz CT molecular complexity index is 669. The van der Waals surface area contributed by atoms with Crippen molar-refractivity contribution in [3.63, 3.8) is 0 Å². The molecule has 5 heteroatoms. The maximum Gasteiger partial charge on any atom is 0.411 e. The molecule has 1 aromatic carbocycles. The van der Waals surface area contributed by atoms with Gasteiger partial charge in [0, 0.05) is 24.2 Å². The van der Waals surface area contributed by atoms with Gasteiger partial charge >= 0.3 is 6.09 Å². The summed E-state index contributed by atoms with van der Waals surface area (Å²) in [6.07, 6.45) is 5.65. The number of nitriles is 1. The fourth-order valence-electron chi connectivity index (χ4n) is 4.84. The Kier molecular flexibility index (Phi) is 4.15. The molecular weight excluding hydrogens is 302 g/mol. The van der Waals surface area contributed by atoms with Crippen LogP contribution in [0.25, 0.3) is 0 Å². The maximum absolute atomic E-state index is 12.3. The van der Waals surface area contributed by atoms with E-state index in [1.54, 1.807) is 24.3 Å². The molecule has 4 rings (SSSR count). The molecule has 2 heterocycles. The fourth-order valence-corrected chi connectivity index (χ4v) is 4.84. The second-order valence-corrected chi connectivity index (χ2v) is 7.32. The van der Waals surface area contributed by atoms with Crippen molar-refractivity contribution in [2.45, 2.75) is 44.2 Å². The van der Waals surface area contributed by atoms with Crippen molar-refractivity contribution in [3.05, 3.63) is 29.8 Å². The second kappa shape index (κ2) is 6.45. The summed E-state index contributed by atoms with van der Waals surface area (Å²) < 4.78 is 5.79. The van der Waals surface area contributed by atoms with Gasteiger partial charge in [0.2, 0.25) is 0 Å². The molecule has 2 saturated heterocycles. The summed E-state index contributed by atoms with van der Waals surface area (Å²) in [6.45, 7) is 2.38. The first-order valence-corrected chi connectivity index (χ1v) is 8.95. The van der Waals surface area contributed by atoms with Gasteiger partial charge in [-0.05, 0) is 56.3 Å². The van der Waals surface area contributed by atoms with Gasteiger partial charge in [-0.3, -0.25) is 10.2 Å². The Morgan fingerprint density at radius 1 is 1.33 bits per heavy atom. The lowest BCUT2D eigenvalue weighted by atomic mass is 9.84. The average Bonchev–Trinajstić information content (AvgIpc) is 2.91. The molecule has 0 unspecified atom stereocenters. The summed E-state index contributed by atoms with van der Waals surface area (Å²) in [4.78, 5) is 14.9. The number of nitrogens with zero attached hydrogens (tertiary/aromatic N) is 2. The van der Waals surface area contributed by atoms with Crippen LogP contribution >= 0.6 is 0 Å². The quantitative estimate of drug-likeness (QED) is 0.905. The smallest absolute Gasteiger partial charge is 0.411 e. The number of carbonyl (C=O) groups is 1. The van der Waals surface area contributed by atoms with Crippen LogP contribution < -0.4 is 5.32 Å². The highest BCUT2D eigenvalue weighted by atomic mass is 16.6. The normalized spacial score (nSPS) is 31.8. The zero-order valence-corrected chi connectivity index (χ0v) is 13.8. The Balaban J connectivity index is 1.40. The molecule has 0 radical (unpaired) electrons. The molecule has 126 valence electrons. The number of carbonyl (C=O) groups excluding carboxylic acids is 1. The average molecular weight is 325 g/mol. The largest absolute Gasteiger partial charge is 0.446 e. The van der Waals surface area contributed by atoms with Crippen LogP contribution in [0.3, 0.4) is 0 Å². The molecule has 1 N–H and O–H groups in total. The number of piperidine rings is 2. The highest BCUT2D eigenvalue weighted by Crippen LogP contribution is 2.45. The lowest BCUT2D eigenvalue weighted by Crippen LogP contribution is -2.49. The van der Waals surface area contributed by atoms with Crippen LogP contribution in [0, 0.1) is 23.2 Å². The number of ether oxygens (including phenoxy) is 1. The predicted molar refractivity (Wildman–Crippen MR) is 90.5 cm³/mol.